The standard InChI is InChI=1S/C16H26N2O3/c1-15(2)12-4-5-16(15,3)10-18(9-12)14(21)17-7-11(8-17)6-13(19)20/h11-12H,4-10H2,1-3H3,(H,19,20)/t12-,16+/m1/s1. The third-order valence-electron chi connectivity index (χ3n) is 6.56. The minimum atomic E-state index is -0.766. The first-order valence-electron chi connectivity index (χ1n) is 7.98. The van der Waals surface area contributed by atoms with Crippen molar-refractivity contribution in [2.45, 2.75) is 40.0 Å². The summed E-state index contributed by atoms with van der Waals surface area (Å²) in [5, 5.41) is 8.78. The highest BCUT2D eigenvalue weighted by molar-refractivity contribution is 5.76. The molecule has 2 saturated heterocycles. The number of fused-ring (bicyclic) bond motifs is 2. The number of likely N-dealkylation sites (tertiary alicyclic amines) is 2. The summed E-state index contributed by atoms with van der Waals surface area (Å²) in [5.41, 5.74) is 0.529. The maximum atomic E-state index is 12.6. The molecule has 3 aliphatic rings. The monoisotopic (exact) mass is 294 g/mol. The van der Waals surface area contributed by atoms with E-state index in [1.165, 1.54) is 12.8 Å². The predicted molar refractivity (Wildman–Crippen MR) is 78.9 cm³/mol. The first-order chi connectivity index (χ1) is 9.73. The Morgan fingerprint density at radius 3 is 2.38 bits per heavy atom. The lowest BCUT2D eigenvalue weighted by Crippen LogP contribution is -2.60. The molecular weight excluding hydrogens is 268 g/mol. The number of amides is 2. The molecule has 1 aliphatic carbocycles. The molecule has 2 bridgehead atoms. The number of aliphatic carboxylic acids is 1. The second kappa shape index (κ2) is 4.62. The van der Waals surface area contributed by atoms with E-state index in [0.717, 1.165) is 13.1 Å². The number of carbonyl (C=O) groups excluding carboxylic acids is 1. The van der Waals surface area contributed by atoms with E-state index in [9.17, 15) is 9.59 Å². The molecule has 0 aromatic rings. The molecule has 0 aromatic carbocycles. The molecule has 0 spiro atoms. The number of carbonyl (C=O) groups is 2. The Balaban J connectivity index is 1.60. The van der Waals surface area contributed by atoms with Gasteiger partial charge >= 0.3 is 12.0 Å². The predicted octanol–water partition coefficient (Wildman–Crippen LogP) is 2.27. The van der Waals surface area contributed by atoms with Crippen LogP contribution < -0.4 is 0 Å². The molecule has 3 fully saturated rings. The molecule has 2 heterocycles. The molecule has 0 aromatic heterocycles. The number of carboxylic acid groups (broad SMARTS) is 1. The SMILES string of the molecule is CC1(C)[C@@H]2CC[C@@]1(C)CN(C(=O)N1CC(CC(=O)O)C1)C2. The van der Waals surface area contributed by atoms with E-state index in [-0.39, 0.29) is 23.8 Å². The van der Waals surface area contributed by atoms with Crippen molar-refractivity contribution in [3.63, 3.8) is 0 Å². The van der Waals surface area contributed by atoms with E-state index in [0.29, 0.717) is 24.4 Å². The van der Waals surface area contributed by atoms with Crippen LogP contribution in [-0.2, 0) is 4.79 Å². The highest BCUT2D eigenvalue weighted by atomic mass is 16.4. The zero-order valence-corrected chi connectivity index (χ0v) is 13.3. The minimum Gasteiger partial charge on any atom is -0.481 e. The van der Waals surface area contributed by atoms with Crippen molar-refractivity contribution in [2.24, 2.45) is 22.7 Å². The fourth-order valence-electron chi connectivity index (χ4n) is 4.47. The molecule has 2 amide bonds. The summed E-state index contributed by atoms with van der Waals surface area (Å²) < 4.78 is 0. The Kier molecular flexibility index (Phi) is 3.22. The number of carboxylic acids is 1. The molecule has 118 valence electrons. The van der Waals surface area contributed by atoms with Crippen LogP contribution in [0.4, 0.5) is 4.79 Å². The Bertz CT molecular complexity index is 470. The molecule has 3 rings (SSSR count). The number of hydrogen-bond acceptors (Lipinski definition) is 2. The fourth-order valence-corrected chi connectivity index (χ4v) is 4.47. The third kappa shape index (κ3) is 2.21. The third-order valence-corrected chi connectivity index (χ3v) is 6.56. The van der Waals surface area contributed by atoms with Crippen molar-refractivity contribution in [3.8, 4) is 0 Å². The van der Waals surface area contributed by atoms with Gasteiger partial charge in [-0.25, -0.2) is 4.79 Å². The summed E-state index contributed by atoms with van der Waals surface area (Å²) >= 11 is 0. The molecule has 1 N–H and O–H groups in total. The van der Waals surface area contributed by atoms with Crippen molar-refractivity contribution in [1.29, 1.82) is 0 Å². The van der Waals surface area contributed by atoms with Crippen LogP contribution in [0, 0.1) is 22.7 Å². The first-order valence-corrected chi connectivity index (χ1v) is 7.98. The lowest BCUT2D eigenvalue weighted by atomic mass is 9.63. The van der Waals surface area contributed by atoms with Crippen molar-refractivity contribution in [3.05, 3.63) is 0 Å². The summed E-state index contributed by atoms with van der Waals surface area (Å²) in [6.45, 7) is 9.92. The average Bonchev–Trinajstić information content (AvgIpc) is 2.51. The van der Waals surface area contributed by atoms with Crippen molar-refractivity contribution >= 4 is 12.0 Å². The van der Waals surface area contributed by atoms with Gasteiger partial charge in [0.05, 0.1) is 6.42 Å². The molecule has 1 saturated carbocycles. The summed E-state index contributed by atoms with van der Waals surface area (Å²) in [4.78, 5) is 27.1. The van der Waals surface area contributed by atoms with Crippen LogP contribution in [0.1, 0.15) is 40.0 Å². The van der Waals surface area contributed by atoms with Crippen molar-refractivity contribution < 1.29 is 14.7 Å². The Hall–Kier alpha value is -1.26. The fraction of sp³-hybridized carbons (Fsp3) is 0.875. The van der Waals surface area contributed by atoms with Gasteiger partial charge in [-0.3, -0.25) is 4.79 Å². The Morgan fingerprint density at radius 2 is 1.81 bits per heavy atom. The Labute approximate surface area is 126 Å². The van der Waals surface area contributed by atoms with Gasteiger partial charge < -0.3 is 14.9 Å². The molecule has 0 unspecified atom stereocenters. The number of urea groups is 1. The second-order valence-corrected chi connectivity index (χ2v) is 8.05. The topological polar surface area (TPSA) is 60.9 Å². The number of rotatable bonds is 2. The van der Waals surface area contributed by atoms with Crippen molar-refractivity contribution in [1.82, 2.24) is 9.80 Å². The van der Waals surface area contributed by atoms with Gasteiger partial charge in [-0.2, -0.15) is 0 Å². The molecule has 21 heavy (non-hydrogen) atoms. The van der Waals surface area contributed by atoms with Crippen LogP contribution in [0.25, 0.3) is 0 Å². The number of piperidine rings is 1. The lowest BCUT2D eigenvalue weighted by Gasteiger charge is -2.52. The molecule has 5 heteroatoms. The van der Waals surface area contributed by atoms with E-state index >= 15 is 0 Å². The summed E-state index contributed by atoms with van der Waals surface area (Å²) in [5.74, 6) is -0.0336. The van der Waals surface area contributed by atoms with Crippen LogP contribution in [0.15, 0.2) is 0 Å². The maximum absolute atomic E-state index is 12.6. The lowest BCUT2D eigenvalue weighted by molar-refractivity contribution is -0.139. The van der Waals surface area contributed by atoms with Crippen LogP contribution in [0.3, 0.4) is 0 Å². The van der Waals surface area contributed by atoms with Gasteiger partial charge in [0.2, 0.25) is 0 Å². The van der Waals surface area contributed by atoms with Gasteiger partial charge in [-0.1, -0.05) is 20.8 Å². The van der Waals surface area contributed by atoms with Crippen molar-refractivity contribution in [2.75, 3.05) is 26.2 Å². The van der Waals surface area contributed by atoms with Gasteiger partial charge in [0.1, 0.15) is 0 Å². The zero-order valence-electron chi connectivity index (χ0n) is 13.3. The number of nitrogens with zero attached hydrogens (tertiary/aromatic N) is 2. The molecule has 0 radical (unpaired) electrons. The maximum Gasteiger partial charge on any atom is 0.320 e. The molecule has 2 aliphatic heterocycles. The van der Waals surface area contributed by atoms with Gasteiger partial charge in [0, 0.05) is 32.1 Å². The highest BCUT2D eigenvalue weighted by Crippen LogP contribution is 2.59. The minimum absolute atomic E-state index is 0.116. The van der Waals surface area contributed by atoms with Crippen LogP contribution >= 0.6 is 0 Å². The summed E-state index contributed by atoms with van der Waals surface area (Å²) in [7, 11) is 0. The second-order valence-electron chi connectivity index (χ2n) is 8.05. The Morgan fingerprint density at radius 1 is 1.14 bits per heavy atom. The van der Waals surface area contributed by atoms with Gasteiger partial charge in [0.25, 0.3) is 0 Å². The van der Waals surface area contributed by atoms with E-state index in [1.54, 1.807) is 0 Å². The zero-order chi connectivity index (χ0) is 15.4. The summed E-state index contributed by atoms with van der Waals surface area (Å²) in [6.07, 6.45) is 2.60. The van der Waals surface area contributed by atoms with E-state index in [1.807, 2.05) is 9.80 Å². The van der Waals surface area contributed by atoms with Crippen LogP contribution in [-0.4, -0.2) is 53.1 Å². The smallest absolute Gasteiger partial charge is 0.320 e. The van der Waals surface area contributed by atoms with E-state index < -0.39 is 5.97 Å². The van der Waals surface area contributed by atoms with E-state index in [2.05, 4.69) is 20.8 Å². The van der Waals surface area contributed by atoms with Gasteiger partial charge in [0.15, 0.2) is 0 Å². The molecule has 2 atom stereocenters. The van der Waals surface area contributed by atoms with Crippen LogP contribution in [0.2, 0.25) is 0 Å². The largest absolute Gasteiger partial charge is 0.481 e. The van der Waals surface area contributed by atoms with Crippen LogP contribution in [0.5, 0.6) is 0 Å². The first kappa shape index (κ1) is 14.7. The van der Waals surface area contributed by atoms with Gasteiger partial charge in [-0.05, 0) is 29.6 Å². The molecular formula is C16H26N2O3. The summed E-state index contributed by atoms with van der Waals surface area (Å²) in [6, 6.07) is 0.116. The number of hydrogen-bond donors (Lipinski definition) is 1. The highest BCUT2D eigenvalue weighted by Gasteiger charge is 2.56. The van der Waals surface area contributed by atoms with Gasteiger partial charge in [-0.15, -0.1) is 0 Å². The van der Waals surface area contributed by atoms with E-state index in [4.69, 9.17) is 5.11 Å². The molecule has 5 nitrogen and oxygen atoms in total. The normalized spacial score (nSPS) is 34.7. The average molecular weight is 294 g/mol. The quantitative estimate of drug-likeness (QED) is 0.850.